The second-order valence-corrected chi connectivity index (χ2v) is 7.01. The van der Waals surface area contributed by atoms with Gasteiger partial charge in [-0.05, 0) is 30.4 Å². The molecule has 0 bridgehead atoms. The molecular weight excluding hydrogens is 316 g/mol. The molecule has 25 heavy (non-hydrogen) atoms. The summed E-state index contributed by atoms with van der Waals surface area (Å²) < 4.78 is 0. The van der Waals surface area contributed by atoms with Crippen molar-refractivity contribution in [2.45, 2.75) is 46.2 Å². The Bertz CT molecular complexity index is 531. The van der Waals surface area contributed by atoms with Crippen molar-refractivity contribution in [2.75, 3.05) is 18.4 Å². The predicted octanol–water partition coefficient (Wildman–Crippen LogP) is 1.73. The molecule has 6 heteroatoms. The molecule has 140 valence electrons. The van der Waals surface area contributed by atoms with Gasteiger partial charge in [-0.3, -0.25) is 9.59 Å². The van der Waals surface area contributed by atoms with E-state index in [4.69, 9.17) is 5.73 Å². The molecule has 6 nitrogen and oxygen atoms in total. The highest BCUT2D eigenvalue weighted by molar-refractivity contribution is 5.97. The number of amides is 2. The summed E-state index contributed by atoms with van der Waals surface area (Å²) in [4.78, 5) is 25.3. The third-order valence-electron chi connectivity index (χ3n) is 3.84. The number of carbonyl (C=O) groups is 2. The van der Waals surface area contributed by atoms with Crippen molar-refractivity contribution in [3.05, 3.63) is 30.3 Å². The van der Waals surface area contributed by atoms with Crippen molar-refractivity contribution < 1.29 is 9.59 Å². The smallest absolute Gasteiger partial charge is 0.246 e. The topological polar surface area (TPSA) is 96.2 Å². The Kier molecular flexibility index (Phi) is 9.16. The Labute approximate surface area is 150 Å². The molecule has 2 atom stereocenters. The van der Waals surface area contributed by atoms with E-state index in [1.807, 2.05) is 58.0 Å². The average molecular weight is 348 g/mol. The zero-order valence-corrected chi connectivity index (χ0v) is 15.7. The molecule has 1 aromatic rings. The normalized spacial score (nSPS) is 13.6. The van der Waals surface area contributed by atoms with Gasteiger partial charge in [0.15, 0.2) is 0 Å². The van der Waals surface area contributed by atoms with Gasteiger partial charge in [-0.15, -0.1) is 0 Å². The van der Waals surface area contributed by atoms with E-state index in [1.165, 1.54) is 0 Å². The van der Waals surface area contributed by atoms with E-state index in [9.17, 15) is 9.59 Å². The van der Waals surface area contributed by atoms with E-state index >= 15 is 0 Å². The molecule has 0 aliphatic heterocycles. The molecule has 0 saturated carbocycles. The highest BCUT2D eigenvalue weighted by atomic mass is 16.2. The summed E-state index contributed by atoms with van der Waals surface area (Å²) in [7, 11) is 0. The van der Waals surface area contributed by atoms with Crippen molar-refractivity contribution in [3.8, 4) is 0 Å². The minimum absolute atomic E-state index is 0.100. The maximum absolute atomic E-state index is 12.6. The molecule has 5 N–H and O–H groups in total. The zero-order valence-electron chi connectivity index (χ0n) is 15.7. The summed E-state index contributed by atoms with van der Waals surface area (Å²) in [5.74, 6) is 0.0108. The summed E-state index contributed by atoms with van der Waals surface area (Å²) in [6, 6.07) is 8.31. The minimum atomic E-state index is -0.575. The summed E-state index contributed by atoms with van der Waals surface area (Å²) in [6.07, 6.45) is 0.576. The highest BCUT2D eigenvalue weighted by Crippen LogP contribution is 2.11. The van der Waals surface area contributed by atoms with Crippen LogP contribution in [-0.2, 0) is 9.59 Å². The van der Waals surface area contributed by atoms with E-state index in [2.05, 4.69) is 16.0 Å². The zero-order chi connectivity index (χ0) is 18.8. The molecule has 2 amide bonds. The lowest BCUT2D eigenvalue weighted by Gasteiger charge is -2.26. The van der Waals surface area contributed by atoms with Crippen molar-refractivity contribution in [2.24, 2.45) is 17.6 Å². The van der Waals surface area contributed by atoms with Crippen LogP contribution in [0.1, 0.15) is 34.1 Å². The maximum Gasteiger partial charge on any atom is 0.246 e. The van der Waals surface area contributed by atoms with Crippen molar-refractivity contribution in [1.29, 1.82) is 0 Å². The fourth-order valence-electron chi connectivity index (χ4n) is 2.59. The first-order valence-electron chi connectivity index (χ1n) is 8.94. The average Bonchev–Trinajstić information content (AvgIpc) is 2.54. The van der Waals surface area contributed by atoms with Gasteiger partial charge in [-0.1, -0.05) is 45.9 Å². The molecule has 0 fully saturated rings. The first kappa shape index (κ1) is 21.1. The fraction of sp³-hybridized carbons (Fsp3) is 0.579. The van der Waals surface area contributed by atoms with Gasteiger partial charge in [0.25, 0.3) is 0 Å². The van der Waals surface area contributed by atoms with Crippen LogP contribution >= 0.6 is 0 Å². The van der Waals surface area contributed by atoms with Crippen LogP contribution in [0.2, 0.25) is 0 Å². The lowest BCUT2D eigenvalue weighted by molar-refractivity contribution is -0.129. The molecule has 0 aromatic heterocycles. The van der Waals surface area contributed by atoms with Crippen molar-refractivity contribution in [3.63, 3.8) is 0 Å². The molecule has 0 radical (unpaired) electrons. The molecule has 0 aliphatic carbocycles. The second-order valence-electron chi connectivity index (χ2n) is 7.01. The van der Waals surface area contributed by atoms with Gasteiger partial charge in [0, 0.05) is 18.8 Å². The number of rotatable bonds is 10. The Morgan fingerprint density at radius 1 is 1.04 bits per heavy atom. The molecule has 1 aromatic carbocycles. The number of hydrogen-bond donors (Lipinski definition) is 4. The van der Waals surface area contributed by atoms with Crippen LogP contribution in [-0.4, -0.2) is 37.0 Å². The molecule has 0 saturated heterocycles. The van der Waals surface area contributed by atoms with Crippen LogP contribution in [0.25, 0.3) is 0 Å². The van der Waals surface area contributed by atoms with Crippen molar-refractivity contribution >= 4 is 17.5 Å². The summed E-state index contributed by atoms with van der Waals surface area (Å²) in [6.45, 7) is 9.01. The lowest BCUT2D eigenvalue weighted by Crippen LogP contribution is -2.54. The summed E-state index contributed by atoms with van der Waals surface area (Å²) in [5.41, 5.74) is 6.24. The number of nitrogens with one attached hydrogen (secondary N) is 3. The maximum atomic E-state index is 12.6. The van der Waals surface area contributed by atoms with E-state index in [1.54, 1.807) is 0 Å². The van der Waals surface area contributed by atoms with E-state index < -0.39 is 6.04 Å². The van der Waals surface area contributed by atoms with Crippen LogP contribution < -0.4 is 21.7 Å². The Balaban J connectivity index is 2.79. The molecular formula is C19H32N4O2. The third kappa shape index (κ3) is 7.67. The lowest BCUT2D eigenvalue weighted by atomic mass is 10.00. The Hall–Kier alpha value is -1.92. The van der Waals surface area contributed by atoms with Crippen LogP contribution in [0, 0.1) is 11.8 Å². The van der Waals surface area contributed by atoms with Gasteiger partial charge in [0.2, 0.25) is 11.8 Å². The molecule has 0 aliphatic rings. The molecule has 0 unspecified atom stereocenters. The molecule has 0 spiro atoms. The van der Waals surface area contributed by atoms with Gasteiger partial charge in [-0.25, -0.2) is 0 Å². The second kappa shape index (κ2) is 10.8. The number of para-hydroxylation sites is 1. The summed E-state index contributed by atoms with van der Waals surface area (Å²) in [5, 5.41) is 8.92. The molecule has 0 heterocycles. The van der Waals surface area contributed by atoms with Crippen LogP contribution in [0.3, 0.4) is 0 Å². The summed E-state index contributed by atoms with van der Waals surface area (Å²) >= 11 is 0. The van der Waals surface area contributed by atoms with Crippen LogP contribution in [0.5, 0.6) is 0 Å². The molecule has 1 rings (SSSR count). The van der Waals surface area contributed by atoms with E-state index in [-0.39, 0.29) is 29.7 Å². The fourth-order valence-corrected chi connectivity index (χ4v) is 2.59. The van der Waals surface area contributed by atoms with Crippen LogP contribution in [0.4, 0.5) is 5.69 Å². The number of anilines is 1. The van der Waals surface area contributed by atoms with Gasteiger partial charge >= 0.3 is 0 Å². The standard InChI is InChI=1S/C19H32N4O2/c1-13(2)12-16(18(24)22-15-8-6-5-7-9-15)23-19(25)17(14(3)4)21-11-10-20/h5-9,13-14,16-17,21H,10-12,20H2,1-4H3,(H,22,24)(H,23,25)/t16-,17-/m0/s1. The van der Waals surface area contributed by atoms with E-state index in [0.29, 0.717) is 19.5 Å². The Morgan fingerprint density at radius 3 is 2.20 bits per heavy atom. The monoisotopic (exact) mass is 348 g/mol. The quantitative estimate of drug-likeness (QED) is 0.518. The largest absolute Gasteiger partial charge is 0.343 e. The Morgan fingerprint density at radius 2 is 1.68 bits per heavy atom. The van der Waals surface area contributed by atoms with E-state index in [0.717, 1.165) is 5.69 Å². The van der Waals surface area contributed by atoms with Gasteiger partial charge in [0.1, 0.15) is 6.04 Å². The number of hydrogen-bond acceptors (Lipinski definition) is 4. The highest BCUT2D eigenvalue weighted by Gasteiger charge is 2.27. The number of nitrogens with two attached hydrogens (primary N) is 1. The van der Waals surface area contributed by atoms with Crippen molar-refractivity contribution in [1.82, 2.24) is 10.6 Å². The van der Waals surface area contributed by atoms with Crippen LogP contribution in [0.15, 0.2) is 30.3 Å². The van der Waals surface area contributed by atoms with Gasteiger partial charge in [0.05, 0.1) is 6.04 Å². The SMILES string of the molecule is CC(C)C[C@H](NC(=O)[C@@H](NCCN)C(C)C)C(=O)Nc1ccccc1. The minimum Gasteiger partial charge on any atom is -0.343 e. The first-order valence-corrected chi connectivity index (χ1v) is 8.94. The number of benzene rings is 1. The number of carbonyl (C=O) groups excluding carboxylic acids is 2. The first-order chi connectivity index (χ1) is 11.8. The third-order valence-corrected chi connectivity index (χ3v) is 3.84. The predicted molar refractivity (Wildman–Crippen MR) is 102 cm³/mol. The van der Waals surface area contributed by atoms with Gasteiger partial charge < -0.3 is 21.7 Å². The van der Waals surface area contributed by atoms with Gasteiger partial charge in [-0.2, -0.15) is 0 Å².